The van der Waals surface area contributed by atoms with Crippen molar-refractivity contribution in [2.45, 2.75) is 50.6 Å². The van der Waals surface area contributed by atoms with Crippen LogP contribution >= 0.6 is 0 Å². The van der Waals surface area contributed by atoms with Crippen molar-refractivity contribution in [3.05, 3.63) is 23.9 Å². The number of nitrogens with zero attached hydrogens (tertiary/aromatic N) is 4. The lowest BCUT2D eigenvalue weighted by Crippen LogP contribution is -2.47. The van der Waals surface area contributed by atoms with E-state index < -0.39 is 0 Å². The van der Waals surface area contributed by atoms with Crippen molar-refractivity contribution in [1.82, 2.24) is 14.8 Å². The van der Waals surface area contributed by atoms with Crippen LogP contribution in [0.5, 0.6) is 0 Å². The highest BCUT2D eigenvalue weighted by Crippen LogP contribution is 2.27. The molecule has 0 spiro atoms. The number of rotatable bonds is 4. The van der Waals surface area contributed by atoms with Gasteiger partial charge in [0.1, 0.15) is 11.9 Å². The fourth-order valence-electron chi connectivity index (χ4n) is 4.89. The average molecular weight is 444 g/mol. The van der Waals surface area contributed by atoms with Gasteiger partial charge in [-0.05, 0) is 50.7 Å². The Morgan fingerprint density at radius 2 is 1.94 bits per heavy atom. The van der Waals surface area contributed by atoms with Gasteiger partial charge < -0.3 is 20.1 Å². The fourth-order valence-corrected chi connectivity index (χ4v) is 4.89. The van der Waals surface area contributed by atoms with E-state index in [1.54, 1.807) is 18.3 Å². The van der Waals surface area contributed by atoms with Crippen LogP contribution in [0.15, 0.2) is 18.3 Å². The second-order valence-corrected chi connectivity index (χ2v) is 8.56. The summed E-state index contributed by atoms with van der Waals surface area (Å²) in [6.45, 7) is 4.86. The van der Waals surface area contributed by atoms with E-state index in [4.69, 9.17) is 14.6 Å². The topological polar surface area (TPSA) is 119 Å². The first-order chi connectivity index (χ1) is 15.7. The van der Waals surface area contributed by atoms with Gasteiger partial charge >= 0.3 is 0 Å². The van der Waals surface area contributed by atoms with E-state index >= 15 is 0 Å². The minimum Gasteiger partial charge on any atom is -0.483 e. The number of hydrogen-bond donors (Lipinski definition) is 2. The summed E-state index contributed by atoms with van der Waals surface area (Å²) in [5.74, 6) is 1.04. The third kappa shape index (κ3) is 6.40. The van der Waals surface area contributed by atoms with Gasteiger partial charge in [-0.2, -0.15) is 5.26 Å². The number of aromatic nitrogens is 1. The number of carbonyl (C=O) groups is 2. The molecule has 3 fully saturated rings. The van der Waals surface area contributed by atoms with Gasteiger partial charge in [0.25, 0.3) is 6.47 Å². The summed E-state index contributed by atoms with van der Waals surface area (Å²) in [6, 6.07) is 6.44. The van der Waals surface area contributed by atoms with E-state index in [0.29, 0.717) is 23.3 Å². The van der Waals surface area contributed by atoms with Gasteiger partial charge in [0.15, 0.2) is 0 Å². The molecule has 0 radical (unpaired) electrons. The van der Waals surface area contributed by atoms with E-state index in [9.17, 15) is 10.1 Å². The molecule has 1 amide bonds. The smallest absolute Gasteiger partial charge is 0.290 e. The number of anilines is 1. The second-order valence-electron chi connectivity index (χ2n) is 8.56. The van der Waals surface area contributed by atoms with Crippen molar-refractivity contribution < 1.29 is 19.4 Å². The van der Waals surface area contributed by atoms with Crippen molar-refractivity contribution in [2.75, 3.05) is 44.7 Å². The molecule has 2 N–H and O–H groups in total. The normalized spacial score (nSPS) is 24.5. The third-order valence-electron chi connectivity index (χ3n) is 6.52. The molecule has 4 rings (SSSR count). The highest BCUT2D eigenvalue weighted by atomic mass is 16.5. The van der Waals surface area contributed by atoms with Gasteiger partial charge in [-0.25, -0.2) is 4.98 Å². The summed E-state index contributed by atoms with van der Waals surface area (Å²) in [7, 11) is 0. The molecular weight excluding hydrogens is 410 g/mol. The highest BCUT2D eigenvalue weighted by molar-refractivity contribution is 5.79. The molecule has 174 valence electrons. The molecule has 3 aliphatic rings. The summed E-state index contributed by atoms with van der Waals surface area (Å²) in [5, 5.41) is 19.8. The molecular formula is C23H33N5O4. The molecule has 0 aromatic carbocycles. The Labute approximate surface area is 189 Å². The number of carboxylic acid groups (broad SMARTS) is 1. The summed E-state index contributed by atoms with van der Waals surface area (Å²) in [5.41, 5.74) is 0.569. The van der Waals surface area contributed by atoms with E-state index in [1.165, 1.54) is 0 Å². The maximum absolute atomic E-state index is 13.1. The molecule has 1 aromatic heterocycles. The van der Waals surface area contributed by atoms with Crippen molar-refractivity contribution in [3.8, 4) is 6.07 Å². The van der Waals surface area contributed by atoms with E-state index in [2.05, 4.69) is 26.2 Å². The molecule has 9 nitrogen and oxygen atoms in total. The molecule has 0 aliphatic carbocycles. The molecule has 9 heteroatoms. The predicted molar refractivity (Wildman–Crippen MR) is 119 cm³/mol. The molecule has 1 aromatic rings. The maximum Gasteiger partial charge on any atom is 0.290 e. The lowest BCUT2D eigenvalue weighted by Gasteiger charge is -2.36. The molecule has 2 atom stereocenters. The van der Waals surface area contributed by atoms with E-state index in [1.807, 2.05) is 0 Å². The van der Waals surface area contributed by atoms with Crippen LogP contribution in [0.4, 0.5) is 5.82 Å². The number of amides is 1. The SMILES string of the molecule is N#Cc1cccnc1N[C@H]1CC[C@@H](C(=O)N2CCCC2)CN(C2CCOCC2)C1.O=CO. The molecule has 4 heterocycles. The largest absolute Gasteiger partial charge is 0.483 e. The van der Waals surface area contributed by atoms with Gasteiger partial charge in [-0.15, -0.1) is 0 Å². The van der Waals surface area contributed by atoms with Crippen LogP contribution < -0.4 is 5.32 Å². The number of hydrogen-bond acceptors (Lipinski definition) is 7. The summed E-state index contributed by atoms with van der Waals surface area (Å²) in [4.78, 5) is 30.5. The van der Waals surface area contributed by atoms with Gasteiger partial charge in [0.2, 0.25) is 5.91 Å². The Morgan fingerprint density at radius 3 is 2.62 bits per heavy atom. The number of pyridine rings is 1. The fraction of sp³-hybridized carbons (Fsp3) is 0.652. The van der Waals surface area contributed by atoms with Gasteiger partial charge in [0.05, 0.1) is 11.5 Å². The number of carbonyl (C=O) groups excluding carboxylic acids is 1. The number of ether oxygens (including phenoxy) is 1. The zero-order valence-corrected chi connectivity index (χ0v) is 18.5. The Balaban J connectivity index is 0.000000913. The quantitative estimate of drug-likeness (QED) is 0.678. The predicted octanol–water partition coefficient (Wildman–Crippen LogP) is 1.95. The van der Waals surface area contributed by atoms with Crippen molar-refractivity contribution in [1.29, 1.82) is 5.26 Å². The number of nitrogens with one attached hydrogen (secondary N) is 1. The number of nitriles is 1. The first-order valence-electron chi connectivity index (χ1n) is 11.5. The lowest BCUT2D eigenvalue weighted by atomic mass is 9.99. The maximum atomic E-state index is 13.1. The number of likely N-dealkylation sites (tertiary alicyclic amines) is 2. The molecule has 0 bridgehead atoms. The second kappa shape index (κ2) is 12.4. The Morgan fingerprint density at radius 1 is 1.22 bits per heavy atom. The van der Waals surface area contributed by atoms with E-state index in [0.717, 1.165) is 77.9 Å². The van der Waals surface area contributed by atoms with Crippen LogP contribution in [0.25, 0.3) is 0 Å². The monoisotopic (exact) mass is 443 g/mol. The first-order valence-corrected chi connectivity index (χ1v) is 11.5. The van der Waals surface area contributed by atoms with Crippen molar-refractivity contribution in [2.24, 2.45) is 5.92 Å². The summed E-state index contributed by atoms with van der Waals surface area (Å²) < 4.78 is 5.57. The standard InChI is InChI=1S/C22H31N5O2.CH2O2/c23-14-17-4-3-9-24-21(17)25-19-6-5-18(22(28)26-10-1-2-11-26)15-27(16-19)20-7-12-29-13-8-20;2-1-3/h3-4,9,18-20H,1-2,5-8,10-13,15-16H2,(H,24,25);1H,(H,2,3)/t18-,19+;/m1./s1. The Hall–Kier alpha value is -2.70. The van der Waals surface area contributed by atoms with Crippen molar-refractivity contribution in [3.63, 3.8) is 0 Å². The minimum atomic E-state index is -0.250. The van der Waals surface area contributed by atoms with E-state index in [-0.39, 0.29) is 18.4 Å². The third-order valence-corrected chi connectivity index (χ3v) is 6.52. The van der Waals surface area contributed by atoms with Crippen LogP contribution in [-0.4, -0.2) is 83.7 Å². The first kappa shape index (κ1) is 24.0. The lowest BCUT2D eigenvalue weighted by molar-refractivity contribution is -0.135. The van der Waals surface area contributed by atoms with Crippen LogP contribution in [0, 0.1) is 17.2 Å². The van der Waals surface area contributed by atoms with Gasteiger partial charge in [0, 0.05) is 57.7 Å². The van der Waals surface area contributed by atoms with Crippen LogP contribution in [0.1, 0.15) is 44.1 Å². The molecule has 32 heavy (non-hydrogen) atoms. The van der Waals surface area contributed by atoms with Gasteiger partial charge in [-0.1, -0.05) is 0 Å². The molecule has 3 saturated heterocycles. The van der Waals surface area contributed by atoms with Crippen LogP contribution in [0.3, 0.4) is 0 Å². The highest BCUT2D eigenvalue weighted by Gasteiger charge is 2.35. The Bertz CT molecular complexity index is 787. The molecule has 0 unspecified atom stereocenters. The van der Waals surface area contributed by atoms with Gasteiger partial charge in [-0.3, -0.25) is 14.5 Å². The molecule has 0 saturated carbocycles. The molecule has 3 aliphatic heterocycles. The van der Waals surface area contributed by atoms with Crippen LogP contribution in [0.2, 0.25) is 0 Å². The zero-order chi connectivity index (χ0) is 22.8. The van der Waals surface area contributed by atoms with Crippen LogP contribution in [-0.2, 0) is 14.3 Å². The van der Waals surface area contributed by atoms with Crippen molar-refractivity contribution >= 4 is 18.2 Å². The Kier molecular flexibility index (Phi) is 9.26. The minimum absolute atomic E-state index is 0.0573. The average Bonchev–Trinajstić information content (AvgIpc) is 3.28. The zero-order valence-electron chi connectivity index (χ0n) is 18.5. The summed E-state index contributed by atoms with van der Waals surface area (Å²) >= 11 is 0. The summed E-state index contributed by atoms with van der Waals surface area (Å²) in [6.07, 6.45) is 7.79.